The fourth-order valence-corrected chi connectivity index (χ4v) is 3.77. The number of carboxylic acid groups (broad SMARTS) is 1. The molecule has 2 atom stereocenters. The third kappa shape index (κ3) is 2.81. The summed E-state index contributed by atoms with van der Waals surface area (Å²) in [5, 5.41) is 9.45. The number of para-hydroxylation sites is 1. The second-order valence-corrected chi connectivity index (χ2v) is 6.47. The van der Waals surface area contributed by atoms with Crippen molar-refractivity contribution in [1.29, 1.82) is 0 Å². The summed E-state index contributed by atoms with van der Waals surface area (Å²) in [6, 6.07) is 15.3. The molecule has 2 aromatic rings. The Morgan fingerprint density at radius 3 is 2.60 bits per heavy atom. The number of hydrogen-bond acceptors (Lipinski definition) is 3. The molecular formula is C20H19NO4. The summed E-state index contributed by atoms with van der Waals surface area (Å²) in [7, 11) is 0. The van der Waals surface area contributed by atoms with Crippen molar-refractivity contribution in [3.63, 3.8) is 0 Å². The minimum atomic E-state index is -0.901. The largest absolute Gasteiger partial charge is 0.481 e. The molecule has 25 heavy (non-hydrogen) atoms. The molecule has 2 aliphatic rings. The quantitative estimate of drug-likeness (QED) is 0.935. The zero-order chi connectivity index (χ0) is 17.4. The summed E-state index contributed by atoms with van der Waals surface area (Å²) in [6.07, 6.45) is 0.806. The number of rotatable bonds is 3. The molecule has 0 bridgehead atoms. The van der Waals surface area contributed by atoms with Crippen LogP contribution in [0.4, 0.5) is 5.69 Å². The van der Waals surface area contributed by atoms with Crippen LogP contribution in [0.15, 0.2) is 48.5 Å². The maximum absolute atomic E-state index is 12.9. The lowest BCUT2D eigenvalue weighted by molar-refractivity contribution is -0.138. The number of benzene rings is 2. The van der Waals surface area contributed by atoms with Gasteiger partial charge in [0.25, 0.3) is 0 Å². The first kappa shape index (κ1) is 15.8. The van der Waals surface area contributed by atoms with E-state index in [1.807, 2.05) is 36.4 Å². The zero-order valence-corrected chi connectivity index (χ0v) is 13.7. The van der Waals surface area contributed by atoms with Crippen molar-refractivity contribution in [2.24, 2.45) is 0 Å². The van der Waals surface area contributed by atoms with Crippen LogP contribution in [0.2, 0.25) is 0 Å². The van der Waals surface area contributed by atoms with E-state index >= 15 is 0 Å². The van der Waals surface area contributed by atoms with Crippen LogP contribution in [0.5, 0.6) is 0 Å². The van der Waals surface area contributed by atoms with Gasteiger partial charge < -0.3 is 14.7 Å². The summed E-state index contributed by atoms with van der Waals surface area (Å²) in [5.74, 6) is -1.67. The van der Waals surface area contributed by atoms with E-state index < -0.39 is 11.9 Å². The molecular weight excluding hydrogens is 318 g/mol. The van der Waals surface area contributed by atoms with Gasteiger partial charge in [0.05, 0.1) is 19.1 Å². The van der Waals surface area contributed by atoms with Gasteiger partial charge in [-0.1, -0.05) is 42.5 Å². The lowest BCUT2D eigenvalue weighted by atomic mass is 9.95. The van der Waals surface area contributed by atoms with Crippen LogP contribution in [0.3, 0.4) is 0 Å². The molecule has 1 N–H and O–H groups in total. The highest BCUT2D eigenvalue weighted by atomic mass is 16.5. The van der Waals surface area contributed by atoms with Gasteiger partial charge >= 0.3 is 5.97 Å². The third-order valence-electron chi connectivity index (χ3n) is 5.02. The second-order valence-electron chi connectivity index (χ2n) is 6.47. The minimum Gasteiger partial charge on any atom is -0.481 e. The monoisotopic (exact) mass is 337 g/mol. The summed E-state index contributed by atoms with van der Waals surface area (Å²) >= 11 is 0. The second kappa shape index (κ2) is 6.33. The number of anilines is 1. The van der Waals surface area contributed by atoms with Crippen molar-refractivity contribution in [2.75, 3.05) is 18.1 Å². The molecule has 0 saturated heterocycles. The Morgan fingerprint density at radius 2 is 1.80 bits per heavy atom. The fourth-order valence-electron chi connectivity index (χ4n) is 3.77. The minimum absolute atomic E-state index is 0.0992. The number of carbonyl (C=O) groups excluding carboxylic acids is 1. The molecule has 0 unspecified atom stereocenters. The Hall–Kier alpha value is -2.66. The molecule has 5 nitrogen and oxygen atoms in total. The highest BCUT2D eigenvalue weighted by molar-refractivity contribution is 5.99. The number of amides is 1. The van der Waals surface area contributed by atoms with Gasteiger partial charge in [-0.3, -0.25) is 9.59 Å². The first-order valence-corrected chi connectivity index (χ1v) is 8.46. The van der Waals surface area contributed by atoms with Gasteiger partial charge in [0.1, 0.15) is 5.92 Å². The van der Waals surface area contributed by atoms with Crippen molar-refractivity contribution in [3.8, 4) is 0 Å². The Morgan fingerprint density at radius 1 is 1.08 bits per heavy atom. The van der Waals surface area contributed by atoms with Gasteiger partial charge in [0.15, 0.2) is 0 Å². The molecule has 1 amide bonds. The predicted molar refractivity (Wildman–Crippen MR) is 92.6 cm³/mol. The van der Waals surface area contributed by atoms with E-state index in [2.05, 4.69) is 6.07 Å². The molecule has 0 saturated carbocycles. The number of aliphatic carboxylic acids is 1. The van der Waals surface area contributed by atoms with E-state index in [0.717, 1.165) is 12.0 Å². The molecule has 0 fully saturated rings. The fraction of sp³-hybridized carbons (Fsp3) is 0.300. The molecule has 2 aliphatic heterocycles. The predicted octanol–water partition coefficient (Wildman–Crippen LogP) is 2.91. The van der Waals surface area contributed by atoms with E-state index in [1.165, 1.54) is 5.56 Å². The van der Waals surface area contributed by atoms with Gasteiger partial charge in [-0.2, -0.15) is 0 Å². The molecule has 4 rings (SSSR count). The van der Waals surface area contributed by atoms with Crippen LogP contribution in [0.1, 0.15) is 35.1 Å². The first-order valence-electron chi connectivity index (χ1n) is 8.46. The summed E-state index contributed by atoms with van der Waals surface area (Å²) in [4.78, 5) is 26.0. The standard InChI is InChI=1S/C20H19NO4/c22-19(11-18-14-6-2-1-5-13(14)9-10-25-18)21-12-16(20(23)24)15-7-3-4-8-17(15)21/h1-8,16,18H,9-12H2,(H,23,24)/t16-,18-/m0/s1. The van der Waals surface area contributed by atoms with Crippen LogP contribution in [0, 0.1) is 0 Å². The van der Waals surface area contributed by atoms with Crippen LogP contribution >= 0.6 is 0 Å². The van der Waals surface area contributed by atoms with E-state index in [9.17, 15) is 14.7 Å². The number of carbonyl (C=O) groups is 2. The van der Waals surface area contributed by atoms with Crippen molar-refractivity contribution < 1.29 is 19.4 Å². The van der Waals surface area contributed by atoms with E-state index in [-0.39, 0.29) is 25.0 Å². The molecule has 0 aliphatic carbocycles. The van der Waals surface area contributed by atoms with Crippen LogP contribution in [-0.4, -0.2) is 30.1 Å². The normalized spacial score (nSPS) is 21.5. The molecule has 2 aromatic carbocycles. The highest BCUT2D eigenvalue weighted by Gasteiger charge is 2.37. The molecule has 0 spiro atoms. The Balaban J connectivity index is 1.58. The van der Waals surface area contributed by atoms with E-state index in [4.69, 9.17) is 4.74 Å². The van der Waals surface area contributed by atoms with Crippen LogP contribution in [0.25, 0.3) is 0 Å². The molecule has 128 valence electrons. The van der Waals surface area contributed by atoms with Crippen LogP contribution in [-0.2, 0) is 20.7 Å². The smallest absolute Gasteiger partial charge is 0.312 e. The third-order valence-corrected chi connectivity index (χ3v) is 5.02. The van der Waals surface area contributed by atoms with E-state index in [1.54, 1.807) is 11.0 Å². The van der Waals surface area contributed by atoms with Crippen molar-refractivity contribution >= 4 is 17.6 Å². The van der Waals surface area contributed by atoms with Gasteiger partial charge in [0, 0.05) is 12.2 Å². The average Bonchev–Trinajstić information content (AvgIpc) is 3.02. The Kier molecular flexibility index (Phi) is 4.01. The number of fused-ring (bicyclic) bond motifs is 2. The van der Waals surface area contributed by atoms with Gasteiger partial charge in [-0.05, 0) is 29.2 Å². The maximum atomic E-state index is 12.9. The first-order chi connectivity index (χ1) is 12.1. The maximum Gasteiger partial charge on any atom is 0.312 e. The molecule has 0 aromatic heterocycles. The zero-order valence-electron chi connectivity index (χ0n) is 13.7. The SMILES string of the molecule is O=C(O)[C@H]1CN(C(=O)C[C@@H]2OCCc3ccccc32)c2ccccc21. The topological polar surface area (TPSA) is 66.8 Å². The summed E-state index contributed by atoms with van der Waals surface area (Å²) < 4.78 is 5.83. The lowest BCUT2D eigenvalue weighted by Crippen LogP contribution is -2.33. The Bertz CT molecular complexity index is 832. The molecule has 5 heteroatoms. The van der Waals surface area contributed by atoms with Gasteiger partial charge in [-0.15, -0.1) is 0 Å². The number of carboxylic acids is 1. The van der Waals surface area contributed by atoms with Crippen molar-refractivity contribution in [1.82, 2.24) is 0 Å². The summed E-state index contributed by atoms with van der Waals surface area (Å²) in [6.45, 7) is 0.783. The highest BCUT2D eigenvalue weighted by Crippen LogP contribution is 2.38. The Labute approximate surface area is 145 Å². The number of nitrogens with zero attached hydrogens (tertiary/aromatic N) is 1. The van der Waals surface area contributed by atoms with Gasteiger partial charge in [-0.25, -0.2) is 0 Å². The number of hydrogen-bond donors (Lipinski definition) is 1. The molecule has 0 radical (unpaired) electrons. The van der Waals surface area contributed by atoms with Crippen LogP contribution < -0.4 is 4.90 Å². The summed E-state index contributed by atoms with van der Waals surface area (Å²) in [5.41, 5.74) is 3.68. The average molecular weight is 337 g/mol. The van der Waals surface area contributed by atoms with Gasteiger partial charge in [0.2, 0.25) is 5.91 Å². The molecule has 2 heterocycles. The van der Waals surface area contributed by atoms with E-state index in [0.29, 0.717) is 17.9 Å². The van der Waals surface area contributed by atoms with Crippen molar-refractivity contribution in [3.05, 3.63) is 65.2 Å². The van der Waals surface area contributed by atoms with Crippen molar-refractivity contribution in [2.45, 2.75) is 24.9 Å². The number of ether oxygens (including phenoxy) is 1. The lowest BCUT2D eigenvalue weighted by Gasteiger charge is -2.27.